The summed E-state index contributed by atoms with van der Waals surface area (Å²) in [7, 11) is 0. The molecule has 0 aliphatic rings. The summed E-state index contributed by atoms with van der Waals surface area (Å²) < 4.78 is 5.31. The summed E-state index contributed by atoms with van der Waals surface area (Å²) in [5.74, 6) is 2.22. The molecule has 2 aromatic heterocycles. The predicted octanol–water partition coefficient (Wildman–Crippen LogP) is 1.83. The van der Waals surface area contributed by atoms with Crippen LogP contribution in [-0.2, 0) is 6.54 Å². The minimum Gasteiger partial charge on any atom is -0.478 e. The molecule has 6 nitrogen and oxygen atoms in total. The lowest BCUT2D eigenvalue weighted by Crippen LogP contribution is -2.04. The van der Waals surface area contributed by atoms with Crippen LogP contribution in [0.2, 0.25) is 0 Å². The molecular formula is C12H17N5O. The van der Waals surface area contributed by atoms with Gasteiger partial charge in [-0.25, -0.2) is 15.0 Å². The second kappa shape index (κ2) is 5.48. The van der Waals surface area contributed by atoms with Crippen LogP contribution in [0.25, 0.3) is 0 Å². The largest absolute Gasteiger partial charge is 0.478 e. The van der Waals surface area contributed by atoms with E-state index in [0.29, 0.717) is 19.0 Å². The average molecular weight is 247 g/mol. The number of H-pyrrole nitrogens is 1. The topological polar surface area (TPSA) is 75.7 Å². The molecule has 2 aromatic rings. The van der Waals surface area contributed by atoms with Crippen molar-refractivity contribution in [3.63, 3.8) is 0 Å². The van der Waals surface area contributed by atoms with Gasteiger partial charge < -0.3 is 15.0 Å². The van der Waals surface area contributed by atoms with Crippen molar-refractivity contribution in [2.75, 3.05) is 11.9 Å². The Morgan fingerprint density at radius 2 is 2.17 bits per heavy atom. The van der Waals surface area contributed by atoms with Gasteiger partial charge in [-0.2, -0.15) is 0 Å². The molecule has 0 amide bonds. The summed E-state index contributed by atoms with van der Waals surface area (Å²) in [6.45, 7) is 7.08. The minimum absolute atomic E-state index is 0.574. The van der Waals surface area contributed by atoms with Crippen LogP contribution in [0.4, 0.5) is 5.82 Å². The Morgan fingerprint density at radius 3 is 2.83 bits per heavy atom. The monoisotopic (exact) mass is 247 g/mol. The zero-order valence-corrected chi connectivity index (χ0v) is 10.8. The van der Waals surface area contributed by atoms with Gasteiger partial charge in [0.2, 0.25) is 5.88 Å². The van der Waals surface area contributed by atoms with E-state index in [-0.39, 0.29) is 0 Å². The SMILES string of the molecule is CCOc1cc(NCc2nc(C)[nH]c2C)ncn1. The highest BCUT2D eigenvalue weighted by molar-refractivity contribution is 5.37. The third-order valence-electron chi connectivity index (χ3n) is 2.48. The van der Waals surface area contributed by atoms with Crippen LogP contribution in [0, 0.1) is 13.8 Å². The molecule has 0 spiro atoms. The number of aromatic amines is 1. The Bertz CT molecular complexity index is 523. The van der Waals surface area contributed by atoms with Gasteiger partial charge in [-0.1, -0.05) is 0 Å². The van der Waals surface area contributed by atoms with Gasteiger partial charge in [-0.15, -0.1) is 0 Å². The van der Waals surface area contributed by atoms with E-state index in [1.165, 1.54) is 6.33 Å². The normalized spacial score (nSPS) is 10.4. The maximum atomic E-state index is 5.31. The molecule has 0 radical (unpaired) electrons. The number of nitrogens with zero attached hydrogens (tertiary/aromatic N) is 3. The first-order chi connectivity index (χ1) is 8.69. The van der Waals surface area contributed by atoms with Gasteiger partial charge in [-0.05, 0) is 20.8 Å². The molecule has 0 aliphatic heterocycles. The Kier molecular flexibility index (Phi) is 3.76. The fourth-order valence-corrected chi connectivity index (χ4v) is 1.67. The molecule has 0 fully saturated rings. The second-order valence-electron chi connectivity index (χ2n) is 3.92. The fourth-order valence-electron chi connectivity index (χ4n) is 1.67. The van der Waals surface area contributed by atoms with Crippen molar-refractivity contribution >= 4 is 5.82 Å². The Morgan fingerprint density at radius 1 is 1.33 bits per heavy atom. The highest BCUT2D eigenvalue weighted by Gasteiger charge is 2.04. The highest BCUT2D eigenvalue weighted by Crippen LogP contribution is 2.12. The van der Waals surface area contributed by atoms with E-state index >= 15 is 0 Å². The fraction of sp³-hybridized carbons (Fsp3) is 0.417. The zero-order chi connectivity index (χ0) is 13.0. The van der Waals surface area contributed by atoms with E-state index in [1.54, 1.807) is 6.07 Å². The van der Waals surface area contributed by atoms with Crippen LogP contribution < -0.4 is 10.1 Å². The molecule has 6 heteroatoms. The number of aryl methyl sites for hydroxylation is 2. The van der Waals surface area contributed by atoms with E-state index in [2.05, 4.69) is 25.3 Å². The van der Waals surface area contributed by atoms with Gasteiger partial charge in [0.25, 0.3) is 0 Å². The molecule has 2 heterocycles. The Hall–Kier alpha value is -2.11. The number of anilines is 1. The maximum Gasteiger partial charge on any atom is 0.218 e. The molecule has 0 unspecified atom stereocenters. The lowest BCUT2D eigenvalue weighted by atomic mass is 10.3. The van der Waals surface area contributed by atoms with Gasteiger partial charge >= 0.3 is 0 Å². The number of imidazole rings is 1. The van der Waals surface area contributed by atoms with Crippen molar-refractivity contribution < 1.29 is 4.74 Å². The molecule has 0 aromatic carbocycles. The molecule has 18 heavy (non-hydrogen) atoms. The number of hydrogen-bond donors (Lipinski definition) is 2. The van der Waals surface area contributed by atoms with Crippen molar-refractivity contribution in [3.8, 4) is 5.88 Å². The van der Waals surface area contributed by atoms with Crippen LogP contribution in [-0.4, -0.2) is 26.5 Å². The summed E-state index contributed by atoms with van der Waals surface area (Å²) in [6.07, 6.45) is 1.48. The van der Waals surface area contributed by atoms with Gasteiger partial charge in [-0.3, -0.25) is 0 Å². The summed E-state index contributed by atoms with van der Waals surface area (Å²) >= 11 is 0. The van der Waals surface area contributed by atoms with E-state index < -0.39 is 0 Å². The summed E-state index contributed by atoms with van der Waals surface area (Å²) in [6, 6.07) is 1.78. The molecule has 2 N–H and O–H groups in total. The first-order valence-corrected chi connectivity index (χ1v) is 5.90. The lowest BCUT2D eigenvalue weighted by Gasteiger charge is -2.06. The van der Waals surface area contributed by atoms with Crippen molar-refractivity contribution in [1.82, 2.24) is 19.9 Å². The molecule has 0 saturated heterocycles. The first kappa shape index (κ1) is 12.3. The van der Waals surface area contributed by atoms with Crippen molar-refractivity contribution in [1.29, 1.82) is 0 Å². The van der Waals surface area contributed by atoms with Crippen molar-refractivity contribution in [3.05, 3.63) is 29.6 Å². The lowest BCUT2D eigenvalue weighted by molar-refractivity contribution is 0.326. The summed E-state index contributed by atoms with van der Waals surface area (Å²) in [5.41, 5.74) is 2.06. The quantitative estimate of drug-likeness (QED) is 0.843. The van der Waals surface area contributed by atoms with Crippen LogP contribution >= 0.6 is 0 Å². The van der Waals surface area contributed by atoms with Gasteiger partial charge in [0.15, 0.2) is 0 Å². The van der Waals surface area contributed by atoms with Gasteiger partial charge in [0, 0.05) is 11.8 Å². The average Bonchev–Trinajstić information content (AvgIpc) is 2.66. The summed E-state index contributed by atoms with van der Waals surface area (Å²) in [5, 5.41) is 3.20. The molecule has 96 valence electrons. The predicted molar refractivity (Wildman–Crippen MR) is 68.6 cm³/mol. The standard InChI is InChI=1S/C12H17N5O/c1-4-18-12-5-11(14-7-15-12)13-6-10-8(2)16-9(3)17-10/h5,7H,4,6H2,1-3H3,(H,16,17)(H,13,14,15). The van der Waals surface area contributed by atoms with Crippen molar-refractivity contribution in [2.24, 2.45) is 0 Å². The third kappa shape index (κ3) is 2.97. The Balaban J connectivity index is 2.01. The number of ether oxygens (including phenoxy) is 1. The molecule has 0 atom stereocenters. The van der Waals surface area contributed by atoms with Crippen LogP contribution in [0.3, 0.4) is 0 Å². The minimum atomic E-state index is 0.574. The van der Waals surface area contributed by atoms with Crippen LogP contribution in [0.1, 0.15) is 24.1 Å². The smallest absolute Gasteiger partial charge is 0.218 e. The number of rotatable bonds is 5. The van der Waals surface area contributed by atoms with E-state index in [0.717, 1.165) is 23.0 Å². The zero-order valence-electron chi connectivity index (χ0n) is 10.8. The first-order valence-electron chi connectivity index (χ1n) is 5.90. The second-order valence-corrected chi connectivity index (χ2v) is 3.92. The van der Waals surface area contributed by atoms with E-state index in [4.69, 9.17) is 4.74 Å². The number of aromatic nitrogens is 4. The molecule has 0 aliphatic carbocycles. The van der Waals surface area contributed by atoms with Crippen LogP contribution in [0.5, 0.6) is 5.88 Å². The van der Waals surface area contributed by atoms with E-state index in [9.17, 15) is 0 Å². The van der Waals surface area contributed by atoms with E-state index in [1.807, 2.05) is 20.8 Å². The molecule has 0 bridgehead atoms. The van der Waals surface area contributed by atoms with Crippen LogP contribution in [0.15, 0.2) is 12.4 Å². The van der Waals surface area contributed by atoms with Gasteiger partial charge in [0.05, 0.1) is 18.8 Å². The Labute approximate surface area is 106 Å². The molecule has 2 rings (SSSR count). The molecular weight excluding hydrogens is 230 g/mol. The molecule has 0 saturated carbocycles. The summed E-state index contributed by atoms with van der Waals surface area (Å²) in [4.78, 5) is 15.7. The number of nitrogens with one attached hydrogen (secondary N) is 2. The third-order valence-corrected chi connectivity index (χ3v) is 2.48. The van der Waals surface area contributed by atoms with Gasteiger partial charge in [0.1, 0.15) is 18.0 Å². The maximum absolute atomic E-state index is 5.31. The van der Waals surface area contributed by atoms with Crippen molar-refractivity contribution in [2.45, 2.75) is 27.3 Å². The number of hydrogen-bond acceptors (Lipinski definition) is 5. The highest BCUT2D eigenvalue weighted by atomic mass is 16.5.